The summed E-state index contributed by atoms with van der Waals surface area (Å²) in [6.07, 6.45) is 2.16. The van der Waals surface area contributed by atoms with Crippen molar-refractivity contribution in [2.24, 2.45) is 0 Å². The second kappa shape index (κ2) is 7.41. The van der Waals surface area contributed by atoms with Crippen LogP contribution in [0.4, 0.5) is 0 Å². The van der Waals surface area contributed by atoms with E-state index in [1.807, 2.05) is 18.9 Å². The number of rotatable bonds is 7. The topological polar surface area (TPSA) is 62.4 Å². The Hall–Kier alpha value is -1.62. The molecule has 0 spiro atoms. The Balaban J connectivity index is 3.00. The van der Waals surface area contributed by atoms with E-state index in [1.54, 1.807) is 13.8 Å². The summed E-state index contributed by atoms with van der Waals surface area (Å²) in [5, 5.41) is 0. The number of carbonyl (C=O) groups excluding carboxylic acids is 2. The molecule has 118 valence electrons. The number of esters is 1. The molecule has 0 aromatic carbocycles. The van der Waals surface area contributed by atoms with Crippen molar-refractivity contribution in [3.8, 4) is 0 Å². The molecule has 1 aromatic heterocycles. The summed E-state index contributed by atoms with van der Waals surface area (Å²) in [6.45, 7) is 8.46. The van der Waals surface area contributed by atoms with Crippen LogP contribution in [-0.4, -0.2) is 48.4 Å². The molecular formula is C16H26N2O3. The number of unbranched alkanes of at least 4 members (excludes halogenated alkanes) is 1. The second-order valence-electron chi connectivity index (χ2n) is 5.49. The standard InChI is InChI=1S/C16H26N2O3/c1-7-8-9-18(5)12(4)15(19)14-10(2)13(11(3)17-14)16(20)21-6/h12,17H,7-9H2,1-6H3/t12-/m1/s1. The number of hydrogen-bond acceptors (Lipinski definition) is 4. The predicted molar refractivity (Wildman–Crippen MR) is 82.9 cm³/mol. The Bertz CT molecular complexity index is 520. The Morgan fingerprint density at radius 3 is 2.48 bits per heavy atom. The minimum atomic E-state index is -0.410. The number of aryl methyl sites for hydroxylation is 1. The van der Waals surface area contributed by atoms with E-state index >= 15 is 0 Å². The summed E-state index contributed by atoms with van der Waals surface area (Å²) in [6, 6.07) is -0.223. The van der Waals surface area contributed by atoms with Crippen LogP contribution >= 0.6 is 0 Å². The Morgan fingerprint density at radius 2 is 1.95 bits per heavy atom. The number of aromatic nitrogens is 1. The molecule has 1 N–H and O–H groups in total. The van der Waals surface area contributed by atoms with E-state index in [0.717, 1.165) is 19.4 Å². The van der Waals surface area contributed by atoms with Crippen molar-refractivity contribution < 1.29 is 14.3 Å². The molecule has 21 heavy (non-hydrogen) atoms. The van der Waals surface area contributed by atoms with Crippen molar-refractivity contribution in [1.82, 2.24) is 9.88 Å². The summed E-state index contributed by atoms with van der Waals surface area (Å²) in [5.74, 6) is -0.406. The van der Waals surface area contributed by atoms with E-state index < -0.39 is 5.97 Å². The van der Waals surface area contributed by atoms with Crippen LogP contribution in [-0.2, 0) is 4.74 Å². The highest BCUT2D eigenvalue weighted by molar-refractivity contribution is 6.03. The third kappa shape index (κ3) is 3.73. The summed E-state index contributed by atoms with van der Waals surface area (Å²) >= 11 is 0. The molecule has 5 nitrogen and oxygen atoms in total. The molecule has 0 aliphatic heterocycles. The lowest BCUT2D eigenvalue weighted by Crippen LogP contribution is -2.37. The first kappa shape index (κ1) is 17.4. The number of likely N-dealkylation sites (N-methyl/N-ethyl adjacent to an activating group) is 1. The van der Waals surface area contributed by atoms with Crippen LogP contribution in [0.2, 0.25) is 0 Å². The second-order valence-corrected chi connectivity index (χ2v) is 5.49. The molecule has 1 rings (SSSR count). The number of ketones is 1. The fraction of sp³-hybridized carbons (Fsp3) is 0.625. The quantitative estimate of drug-likeness (QED) is 0.620. The molecule has 0 amide bonds. The fourth-order valence-electron chi connectivity index (χ4n) is 2.41. The largest absolute Gasteiger partial charge is 0.465 e. The van der Waals surface area contributed by atoms with E-state index in [-0.39, 0.29) is 11.8 Å². The fourth-order valence-corrected chi connectivity index (χ4v) is 2.41. The van der Waals surface area contributed by atoms with E-state index in [9.17, 15) is 9.59 Å². The van der Waals surface area contributed by atoms with Crippen LogP contribution in [0.15, 0.2) is 0 Å². The van der Waals surface area contributed by atoms with Crippen molar-refractivity contribution in [2.75, 3.05) is 20.7 Å². The van der Waals surface area contributed by atoms with Gasteiger partial charge >= 0.3 is 5.97 Å². The van der Waals surface area contributed by atoms with Gasteiger partial charge in [0.05, 0.1) is 24.4 Å². The maximum atomic E-state index is 12.6. The highest BCUT2D eigenvalue weighted by Gasteiger charge is 2.26. The number of nitrogens with zero attached hydrogens (tertiary/aromatic N) is 1. The summed E-state index contributed by atoms with van der Waals surface area (Å²) < 4.78 is 4.77. The van der Waals surface area contributed by atoms with Gasteiger partial charge in [0.2, 0.25) is 0 Å². The van der Waals surface area contributed by atoms with E-state index in [0.29, 0.717) is 22.5 Å². The van der Waals surface area contributed by atoms with Gasteiger partial charge in [0.25, 0.3) is 0 Å². The lowest BCUT2D eigenvalue weighted by Gasteiger charge is -2.23. The van der Waals surface area contributed by atoms with Gasteiger partial charge in [0, 0.05) is 5.69 Å². The minimum Gasteiger partial charge on any atom is -0.465 e. The number of hydrogen-bond donors (Lipinski definition) is 1. The van der Waals surface area contributed by atoms with Gasteiger partial charge in [-0.1, -0.05) is 13.3 Å². The van der Waals surface area contributed by atoms with Gasteiger partial charge in [0.15, 0.2) is 5.78 Å². The first-order valence-corrected chi connectivity index (χ1v) is 7.37. The van der Waals surface area contributed by atoms with Crippen molar-refractivity contribution in [3.63, 3.8) is 0 Å². The van der Waals surface area contributed by atoms with Gasteiger partial charge in [-0.2, -0.15) is 0 Å². The number of ether oxygens (including phenoxy) is 1. The van der Waals surface area contributed by atoms with Crippen molar-refractivity contribution in [1.29, 1.82) is 0 Å². The maximum Gasteiger partial charge on any atom is 0.339 e. The molecule has 1 atom stereocenters. The third-order valence-corrected chi connectivity index (χ3v) is 3.98. The minimum absolute atomic E-state index is 0.00403. The molecule has 1 heterocycles. The number of H-pyrrole nitrogens is 1. The first-order valence-electron chi connectivity index (χ1n) is 7.37. The zero-order valence-electron chi connectivity index (χ0n) is 13.9. The van der Waals surface area contributed by atoms with Crippen LogP contribution in [0, 0.1) is 13.8 Å². The van der Waals surface area contributed by atoms with E-state index in [4.69, 9.17) is 4.74 Å². The number of carbonyl (C=O) groups is 2. The summed E-state index contributed by atoms with van der Waals surface area (Å²) in [5.41, 5.74) is 2.30. The van der Waals surface area contributed by atoms with Crippen molar-refractivity contribution in [3.05, 3.63) is 22.5 Å². The summed E-state index contributed by atoms with van der Waals surface area (Å²) in [7, 11) is 3.29. The molecule has 0 unspecified atom stereocenters. The van der Waals surface area contributed by atoms with Crippen LogP contribution in [0.25, 0.3) is 0 Å². The van der Waals surface area contributed by atoms with Gasteiger partial charge in [-0.05, 0) is 46.3 Å². The number of methoxy groups -OCH3 is 1. The number of nitrogens with one attached hydrogen (secondary N) is 1. The van der Waals surface area contributed by atoms with Gasteiger partial charge in [-0.15, -0.1) is 0 Å². The molecule has 0 radical (unpaired) electrons. The SMILES string of the molecule is CCCCN(C)[C@H](C)C(=O)c1[nH]c(C)c(C(=O)OC)c1C. The number of Topliss-reactive ketones (excluding diaryl/α,β-unsaturated/α-hetero) is 1. The zero-order valence-corrected chi connectivity index (χ0v) is 13.9. The molecular weight excluding hydrogens is 268 g/mol. The third-order valence-electron chi connectivity index (χ3n) is 3.98. The lowest BCUT2D eigenvalue weighted by atomic mass is 10.0. The highest BCUT2D eigenvalue weighted by atomic mass is 16.5. The van der Waals surface area contributed by atoms with Crippen molar-refractivity contribution >= 4 is 11.8 Å². The average molecular weight is 294 g/mol. The van der Waals surface area contributed by atoms with Crippen LogP contribution in [0.3, 0.4) is 0 Å². The molecule has 0 saturated carbocycles. The first-order chi connectivity index (χ1) is 9.84. The highest BCUT2D eigenvalue weighted by Crippen LogP contribution is 2.21. The molecule has 0 fully saturated rings. The Morgan fingerprint density at radius 1 is 1.33 bits per heavy atom. The van der Waals surface area contributed by atoms with Crippen molar-refractivity contribution in [2.45, 2.75) is 46.6 Å². The molecule has 5 heteroatoms. The van der Waals surface area contributed by atoms with Crippen LogP contribution < -0.4 is 0 Å². The summed E-state index contributed by atoms with van der Waals surface area (Å²) in [4.78, 5) is 29.5. The van der Waals surface area contributed by atoms with Gasteiger partial charge in [-0.25, -0.2) is 4.79 Å². The average Bonchev–Trinajstić information content (AvgIpc) is 2.77. The van der Waals surface area contributed by atoms with Gasteiger partial charge in [0.1, 0.15) is 0 Å². The normalized spacial score (nSPS) is 12.5. The van der Waals surface area contributed by atoms with E-state index in [2.05, 4.69) is 11.9 Å². The Kier molecular flexibility index (Phi) is 6.15. The molecule has 1 aromatic rings. The molecule has 0 bridgehead atoms. The molecule has 0 aliphatic rings. The predicted octanol–water partition coefficient (Wildman–Crippen LogP) is 2.72. The van der Waals surface area contributed by atoms with Gasteiger partial charge < -0.3 is 9.72 Å². The smallest absolute Gasteiger partial charge is 0.339 e. The molecule has 0 aliphatic carbocycles. The lowest BCUT2D eigenvalue weighted by molar-refractivity contribution is 0.0599. The maximum absolute atomic E-state index is 12.6. The van der Waals surface area contributed by atoms with Crippen LogP contribution in [0.1, 0.15) is 58.8 Å². The van der Waals surface area contributed by atoms with Crippen LogP contribution in [0.5, 0.6) is 0 Å². The number of aromatic amines is 1. The molecule has 0 saturated heterocycles. The monoisotopic (exact) mass is 294 g/mol. The van der Waals surface area contributed by atoms with Gasteiger partial charge in [-0.3, -0.25) is 9.69 Å². The zero-order chi connectivity index (χ0) is 16.2. The Labute approximate surface area is 126 Å². The van der Waals surface area contributed by atoms with E-state index in [1.165, 1.54) is 7.11 Å².